The lowest BCUT2D eigenvalue weighted by molar-refractivity contribution is 0.331. The molecule has 21 heavy (non-hydrogen) atoms. The molecule has 0 bridgehead atoms. The lowest BCUT2D eigenvalue weighted by Gasteiger charge is -2.18. The Balaban J connectivity index is 1.65. The van der Waals surface area contributed by atoms with E-state index in [9.17, 15) is 0 Å². The Morgan fingerprint density at radius 2 is 1.90 bits per heavy atom. The van der Waals surface area contributed by atoms with Crippen LogP contribution in [0.25, 0.3) is 0 Å². The molecule has 1 aliphatic heterocycles. The third kappa shape index (κ3) is 3.82. The Kier molecular flexibility index (Phi) is 4.51. The molecular formula is C18H23N3. The number of rotatable bonds is 5. The molecule has 0 aliphatic carbocycles. The average Bonchev–Trinajstić information content (AvgIpc) is 3.01. The summed E-state index contributed by atoms with van der Waals surface area (Å²) in [4.78, 5) is 6.61. The van der Waals surface area contributed by atoms with Crippen LogP contribution in [0, 0.1) is 0 Å². The van der Waals surface area contributed by atoms with E-state index in [2.05, 4.69) is 58.5 Å². The van der Waals surface area contributed by atoms with Gasteiger partial charge in [0.15, 0.2) is 0 Å². The molecule has 3 rings (SSSR count). The van der Waals surface area contributed by atoms with E-state index in [1.165, 1.54) is 42.7 Å². The van der Waals surface area contributed by atoms with Gasteiger partial charge in [0.05, 0.1) is 0 Å². The molecule has 0 saturated carbocycles. The second-order valence-corrected chi connectivity index (χ2v) is 5.83. The van der Waals surface area contributed by atoms with Crippen LogP contribution >= 0.6 is 0 Å². The van der Waals surface area contributed by atoms with Crippen LogP contribution in [0.5, 0.6) is 0 Å². The minimum atomic E-state index is 0.287. The average molecular weight is 281 g/mol. The van der Waals surface area contributed by atoms with Crippen LogP contribution in [-0.4, -0.2) is 23.0 Å². The van der Waals surface area contributed by atoms with Crippen LogP contribution in [0.2, 0.25) is 0 Å². The Labute approximate surface area is 127 Å². The third-order valence-electron chi connectivity index (χ3n) is 4.12. The molecule has 110 valence electrons. The van der Waals surface area contributed by atoms with Crippen LogP contribution in [0.4, 0.5) is 5.69 Å². The summed E-state index contributed by atoms with van der Waals surface area (Å²) in [5.41, 5.74) is 3.84. The predicted molar refractivity (Wildman–Crippen MR) is 87.2 cm³/mol. The summed E-state index contributed by atoms with van der Waals surface area (Å²) in [6, 6.07) is 13.2. The number of nitrogens with zero attached hydrogens (tertiary/aromatic N) is 2. The summed E-state index contributed by atoms with van der Waals surface area (Å²) in [7, 11) is 0. The second kappa shape index (κ2) is 6.72. The van der Waals surface area contributed by atoms with Gasteiger partial charge in [0.25, 0.3) is 0 Å². The minimum Gasteiger partial charge on any atom is -0.379 e. The van der Waals surface area contributed by atoms with Crippen molar-refractivity contribution in [3.8, 4) is 0 Å². The number of aromatic nitrogens is 1. The quantitative estimate of drug-likeness (QED) is 0.902. The number of anilines is 1. The Morgan fingerprint density at radius 1 is 1.14 bits per heavy atom. The molecule has 1 N–H and O–H groups in total. The van der Waals surface area contributed by atoms with Crippen molar-refractivity contribution in [1.82, 2.24) is 9.88 Å². The highest BCUT2D eigenvalue weighted by Gasteiger charge is 2.12. The maximum Gasteiger partial charge on any atom is 0.0486 e. The molecule has 1 aromatic carbocycles. The fourth-order valence-corrected chi connectivity index (χ4v) is 2.94. The molecule has 0 spiro atoms. The lowest BCUT2D eigenvalue weighted by atomic mass is 10.1. The molecule has 2 heterocycles. The molecule has 1 saturated heterocycles. The lowest BCUT2D eigenvalue weighted by Crippen LogP contribution is -2.18. The SMILES string of the molecule is CC(Nc1cccc(CN2CCCC2)c1)c1ccncc1. The van der Waals surface area contributed by atoms with Crippen molar-refractivity contribution in [3.05, 3.63) is 59.9 Å². The van der Waals surface area contributed by atoms with Crippen molar-refractivity contribution in [2.45, 2.75) is 32.4 Å². The second-order valence-electron chi connectivity index (χ2n) is 5.83. The largest absolute Gasteiger partial charge is 0.379 e. The Bertz CT molecular complexity index is 562. The van der Waals surface area contributed by atoms with Gasteiger partial charge < -0.3 is 5.32 Å². The molecule has 1 atom stereocenters. The first kappa shape index (κ1) is 14.1. The van der Waals surface area contributed by atoms with Crippen molar-refractivity contribution in [3.63, 3.8) is 0 Å². The summed E-state index contributed by atoms with van der Waals surface area (Å²) >= 11 is 0. The summed E-state index contributed by atoms with van der Waals surface area (Å²) < 4.78 is 0. The van der Waals surface area contributed by atoms with Gasteiger partial charge in [-0.05, 0) is 68.2 Å². The Hall–Kier alpha value is -1.87. The molecular weight excluding hydrogens is 258 g/mol. The topological polar surface area (TPSA) is 28.2 Å². The van der Waals surface area contributed by atoms with E-state index in [1.807, 2.05) is 12.4 Å². The highest BCUT2D eigenvalue weighted by atomic mass is 15.1. The van der Waals surface area contributed by atoms with Crippen molar-refractivity contribution >= 4 is 5.69 Å². The van der Waals surface area contributed by atoms with Crippen molar-refractivity contribution in [1.29, 1.82) is 0 Å². The molecule has 0 radical (unpaired) electrons. The van der Waals surface area contributed by atoms with Crippen LogP contribution in [0.3, 0.4) is 0 Å². The molecule has 0 amide bonds. The summed E-state index contributed by atoms with van der Waals surface area (Å²) in [6.07, 6.45) is 6.38. The molecule has 1 unspecified atom stereocenters. The number of hydrogen-bond acceptors (Lipinski definition) is 3. The first-order valence-electron chi connectivity index (χ1n) is 7.79. The van der Waals surface area contributed by atoms with Crippen molar-refractivity contribution < 1.29 is 0 Å². The summed E-state index contributed by atoms with van der Waals surface area (Å²) in [5, 5.41) is 3.58. The van der Waals surface area contributed by atoms with E-state index in [-0.39, 0.29) is 6.04 Å². The third-order valence-corrected chi connectivity index (χ3v) is 4.12. The van der Waals surface area contributed by atoms with Gasteiger partial charge in [0.1, 0.15) is 0 Å². The van der Waals surface area contributed by atoms with Crippen LogP contribution in [0.15, 0.2) is 48.8 Å². The predicted octanol–water partition coefficient (Wildman–Crippen LogP) is 3.85. The number of likely N-dealkylation sites (tertiary alicyclic amines) is 1. The summed E-state index contributed by atoms with van der Waals surface area (Å²) in [6.45, 7) is 5.73. The van der Waals surface area contributed by atoms with Crippen LogP contribution in [-0.2, 0) is 6.54 Å². The van der Waals surface area contributed by atoms with E-state index >= 15 is 0 Å². The van der Waals surface area contributed by atoms with E-state index < -0.39 is 0 Å². The number of hydrogen-bond donors (Lipinski definition) is 1. The first-order chi connectivity index (χ1) is 10.3. The highest BCUT2D eigenvalue weighted by Crippen LogP contribution is 2.21. The smallest absolute Gasteiger partial charge is 0.0486 e. The van der Waals surface area contributed by atoms with Gasteiger partial charge in [-0.25, -0.2) is 0 Å². The van der Waals surface area contributed by atoms with E-state index in [0.29, 0.717) is 0 Å². The van der Waals surface area contributed by atoms with Crippen LogP contribution < -0.4 is 5.32 Å². The Morgan fingerprint density at radius 3 is 2.67 bits per heavy atom. The molecule has 1 aromatic heterocycles. The zero-order valence-corrected chi connectivity index (χ0v) is 12.6. The molecule has 1 aliphatic rings. The van der Waals surface area contributed by atoms with Gasteiger partial charge in [0, 0.05) is 30.7 Å². The van der Waals surface area contributed by atoms with Crippen molar-refractivity contribution in [2.75, 3.05) is 18.4 Å². The standard InChI is InChI=1S/C18H23N3/c1-15(17-7-9-19-10-8-17)20-18-6-4-5-16(13-18)14-21-11-2-3-12-21/h4-10,13,15,20H,2-3,11-12,14H2,1H3. The number of nitrogens with one attached hydrogen (secondary N) is 1. The normalized spacial score (nSPS) is 16.8. The van der Waals surface area contributed by atoms with Gasteiger partial charge in [-0.1, -0.05) is 12.1 Å². The number of pyridine rings is 1. The van der Waals surface area contributed by atoms with Gasteiger partial charge in [-0.3, -0.25) is 9.88 Å². The first-order valence-corrected chi connectivity index (χ1v) is 7.79. The fraction of sp³-hybridized carbons (Fsp3) is 0.389. The highest BCUT2D eigenvalue weighted by molar-refractivity contribution is 5.47. The van der Waals surface area contributed by atoms with E-state index in [0.717, 1.165) is 6.54 Å². The van der Waals surface area contributed by atoms with Crippen molar-refractivity contribution in [2.24, 2.45) is 0 Å². The number of benzene rings is 1. The van der Waals surface area contributed by atoms with E-state index in [4.69, 9.17) is 0 Å². The molecule has 3 heteroatoms. The monoisotopic (exact) mass is 281 g/mol. The van der Waals surface area contributed by atoms with Gasteiger partial charge in [0.2, 0.25) is 0 Å². The molecule has 1 fully saturated rings. The van der Waals surface area contributed by atoms with Gasteiger partial charge in [-0.15, -0.1) is 0 Å². The van der Waals surface area contributed by atoms with Crippen LogP contribution in [0.1, 0.15) is 36.9 Å². The maximum absolute atomic E-state index is 4.07. The fourth-order valence-electron chi connectivity index (χ4n) is 2.94. The minimum absolute atomic E-state index is 0.287. The molecule has 2 aromatic rings. The molecule has 3 nitrogen and oxygen atoms in total. The van der Waals surface area contributed by atoms with Gasteiger partial charge >= 0.3 is 0 Å². The van der Waals surface area contributed by atoms with E-state index in [1.54, 1.807) is 0 Å². The maximum atomic E-state index is 4.07. The zero-order chi connectivity index (χ0) is 14.5. The van der Waals surface area contributed by atoms with Gasteiger partial charge in [-0.2, -0.15) is 0 Å². The zero-order valence-electron chi connectivity index (χ0n) is 12.6. The summed E-state index contributed by atoms with van der Waals surface area (Å²) in [5.74, 6) is 0.